The minimum Gasteiger partial charge on any atom is -0.378 e. The topological polar surface area (TPSA) is 27.6 Å². The van der Waals surface area contributed by atoms with Gasteiger partial charge in [0.15, 0.2) is 0 Å². The van der Waals surface area contributed by atoms with Crippen LogP contribution in [-0.2, 0) is 0 Å². The highest BCUT2D eigenvalue weighted by molar-refractivity contribution is 5.84. The van der Waals surface area contributed by atoms with Gasteiger partial charge >= 0.3 is 0 Å². The van der Waals surface area contributed by atoms with E-state index in [4.69, 9.17) is 5.10 Å². The fourth-order valence-electron chi connectivity index (χ4n) is 3.44. The molecule has 1 N–H and O–H groups in total. The van der Waals surface area contributed by atoms with Crippen LogP contribution in [-0.4, -0.2) is 24.7 Å². The van der Waals surface area contributed by atoms with Crippen LogP contribution in [0.15, 0.2) is 58.9 Å². The van der Waals surface area contributed by atoms with Gasteiger partial charge in [0.1, 0.15) is 0 Å². The lowest BCUT2D eigenvalue weighted by atomic mass is 9.98. The van der Waals surface area contributed by atoms with E-state index in [1.807, 2.05) is 0 Å². The Kier molecular flexibility index (Phi) is 5.73. The fraction of sp³-hybridized carbons (Fsp3) is 0.476. The predicted octanol–water partition coefficient (Wildman–Crippen LogP) is 4.80. The smallest absolute Gasteiger partial charge is 0.0726 e. The van der Waals surface area contributed by atoms with Crippen LogP contribution in [0, 0.1) is 0 Å². The molecule has 0 heterocycles. The Labute approximate surface area is 146 Å². The average Bonchev–Trinajstić information content (AvgIpc) is 3.09. The second-order valence-corrected chi connectivity index (χ2v) is 7.07. The first-order valence-corrected chi connectivity index (χ1v) is 9.15. The number of hydrogen-bond donors (Lipinski definition) is 1. The van der Waals surface area contributed by atoms with Crippen molar-refractivity contribution < 1.29 is 0 Å². The summed E-state index contributed by atoms with van der Waals surface area (Å²) in [6.07, 6.45) is 12.9. The number of nitrogens with one attached hydrogen (secondary N) is 1. The van der Waals surface area contributed by atoms with Crippen molar-refractivity contribution in [3.8, 4) is 0 Å². The van der Waals surface area contributed by atoms with Crippen molar-refractivity contribution in [2.45, 2.75) is 51.0 Å². The standard InChI is InChI=1S/C21H29N3/c1-24(2)20-14-13-17(15-20)16-21(18-9-5-3-6-10-18)23-22-19-11-7-4-8-12-19/h3,5-6,9-10,14-15,21,23H,4,7-8,11-13,16H2,1-2H3. The molecule has 2 aliphatic rings. The van der Waals surface area contributed by atoms with Gasteiger partial charge in [-0.3, -0.25) is 0 Å². The van der Waals surface area contributed by atoms with Crippen molar-refractivity contribution in [3.05, 3.63) is 59.3 Å². The number of benzene rings is 1. The maximum absolute atomic E-state index is 4.77. The summed E-state index contributed by atoms with van der Waals surface area (Å²) in [5.41, 5.74) is 8.94. The van der Waals surface area contributed by atoms with Crippen LogP contribution in [0.25, 0.3) is 0 Å². The van der Waals surface area contributed by atoms with Gasteiger partial charge in [0.2, 0.25) is 0 Å². The van der Waals surface area contributed by atoms with Crippen LogP contribution in [0.3, 0.4) is 0 Å². The van der Waals surface area contributed by atoms with E-state index in [1.165, 1.54) is 41.8 Å². The van der Waals surface area contributed by atoms with Crippen LogP contribution < -0.4 is 5.43 Å². The molecule has 0 aromatic heterocycles. The lowest BCUT2D eigenvalue weighted by Gasteiger charge is -2.20. The van der Waals surface area contributed by atoms with E-state index in [0.717, 1.165) is 25.7 Å². The Morgan fingerprint density at radius 3 is 2.50 bits per heavy atom. The van der Waals surface area contributed by atoms with Crippen LogP contribution in [0.2, 0.25) is 0 Å². The minimum atomic E-state index is 0.252. The number of nitrogens with zero attached hydrogens (tertiary/aromatic N) is 2. The lowest BCUT2D eigenvalue weighted by molar-refractivity contribution is 0.529. The summed E-state index contributed by atoms with van der Waals surface area (Å²) < 4.78 is 0. The van der Waals surface area contributed by atoms with Gasteiger partial charge < -0.3 is 10.3 Å². The third-order valence-corrected chi connectivity index (χ3v) is 4.92. The molecule has 3 rings (SSSR count). The molecule has 1 aromatic rings. The molecule has 2 aliphatic carbocycles. The zero-order valence-corrected chi connectivity index (χ0v) is 15.0. The van der Waals surface area contributed by atoms with Crippen molar-refractivity contribution in [2.75, 3.05) is 14.1 Å². The second-order valence-electron chi connectivity index (χ2n) is 7.07. The summed E-state index contributed by atoms with van der Waals surface area (Å²) in [7, 11) is 4.21. The summed E-state index contributed by atoms with van der Waals surface area (Å²) >= 11 is 0. The minimum absolute atomic E-state index is 0.252. The largest absolute Gasteiger partial charge is 0.378 e. The highest BCUT2D eigenvalue weighted by atomic mass is 15.3. The summed E-state index contributed by atoms with van der Waals surface area (Å²) in [4.78, 5) is 2.18. The number of rotatable bonds is 6. The van der Waals surface area contributed by atoms with E-state index in [1.54, 1.807) is 0 Å². The Morgan fingerprint density at radius 1 is 1.08 bits per heavy atom. The van der Waals surface area contributed by atoms with Crippen LogP contribution >= 0.6 is 0 Å². The third-order valence-electron chi connectivity index (χ3n) is 4.92. The predicted molar refractivity (Wildman–Crippen MR) is 102 cm³/mol. The van der Waals surface area contributed by atoms with Crippen LogP contribution in [0.5, 0.6) is 0 Å². The molecule has 1 aromatic carbocycles. The maximum atomic E-state index is 4.77. The summed E-state index contributed by atoms with van der Waals surface area (Å²) in [5, 5.41) is 4.77. The van der Waals surface area contributed by atoms with Crippen molar-refractivity contribution in [1.29, 1.82) is 0 Å². The molecule has 1 unspecified atom stereocenters. The fourth-order valence-corrected chi connectivity index (χ4v) is 3.44. The van der Waals surface area contributed by atoms with E-state index in [9.17, 15) is 0 Å². The molecule has 1 fully saturated rings. The Hall–Kier alpha value is -2.03. The first-order chi connectivity index (χ1) is 11.7. The van der Waals surface area contributed by atoms with Gasteiger partial charge in [-0.25, -0.2) is 0 Å². The van der Waals surface area contributed by atoms with Gasteiger partial charge in [-0.2, -0.15) is 5.10 Å². The summed E-state index contributed by atoms with van der Waals surface area (Å²) in [6, 6.07) is 11.0. The number of likely N-dealkylation sites (N-methyl/N-ethyl adjacent to an activating group) is 1. The van der Waals surface area contributed by atoms with Crippen molar-refractivity contribution in [2.24, 2.45) is 5.10 Å². The van der Waals surface area contributed by atoms with E-state index >= 15 is 0 Å². The maximum Gasteiger partial charge on any atom is 0.0726 e. The van der Waals surface area contributed by atoms with Gasteiger partial charge in [-0.1, -0.05) is 48.4 Å². The first kappa shape index (κ1) is 16.8. The third kappa shape index (κ3) is 4.50. The number of allylic oxidation sites excluding steroid dienone is 2. The molecule has 1 saturated carbocycles. The van der Waals surface area contributed by atoms with E-state index in [0.29, 0.717) is 0 Å². The molecular weight excluding hydrogens is 294 g/mol. The molecule has 0 spiro atoms. The van der Waals surface area contributed by atoms with Crippen LogP contribution in [0.1, 0.15) is 56.6 Å². The molecule has 0 amide bonds. The molecule has 1 atom stereocenters. The molecule has 3 heteroatoms. The monoisotopic (exact) mass is 323 g/mol. The second kappa shape index (κ2) is 8.18. The zero-order chi connectivity index (χ0) is 16.8. The molecule has 0 bridgehead atoms. The van der Waals surface area contributed by atoms with Crippen molar-refractivity contribution in [1.82, 2.24) is 10.3 Å². The Morgan fingerprint density at radius 2 is 1.83 bits per heavy atom. The molecule has 0 radical (unpaired) electrons. The van der Waals surface area contributed by atoms with Crippen molar-refractivity contribution >= 4 is 5.71 Å². The van der Waals surface area contributed by atoms with Gasteiger partial charge in [0.25, 0.3) is 0 Å². The molecule has 0 saturated heterocycles. The van der Waals surface area contributed by atoms with Crippen LogP contribution in [0.4, 0.5) is 0 Å². The highest BCUT2D eigenvalue weighted by Gasteiger charge is 2.16. The number of hydrogen-bond acceptors (Lipinski definition) is 3. The number of hydrazone groups is 1. The molecule has 0 aliphatic heterocycles. The molecule has 128 valence electrons. The Balaban J connectivity index is 1.70. The summed E-state index contributed by atoms with van der Waals surface area (Å²) in [5.74, 6) is 0. The van der Waals surface area contributed by atoms with Gasteiger partial charge in [0.05, 0.1) is 6.04 Å². The molecule has 24 heavy (non-hydrogen) atoms. The van der Waals surface area contributed by atoms with E-state index in [-0.39, 0.29) is 6.04 Å². The SMILES string of the molecule is CN(C)C1=CCC(CC(NN=C2CCCCC2)c2ccccc2)=C1. The lowest BCUT2D eigenvalue weighted by Crippen LogP contribution is -2.19. The summed E-state index contributed by atoms with van der Waals surface area (Å²) in [6.45, 7) is 0. The highest BCUT2D eigenvalue weighted by Crippen LogP contribution is 2.28. The van der Waals surface area contributed by atoms with E-state index in [2.05, 4.69) is 66.9 Å². The van der Waals surface area contributed by atoms with Crippen molar-refractivity contribution in [3.63, 3.8) is 0 Å². The van der Waals surface area contributed by atoms with Gasteiger partial charge in [-0.05, 0) is 50.2 Å². The quantitative estimate of drug-likeness (QED) is 0.761. The van der Waals surface area contributed by atoms with Gasteiger partial charge in [0, 0.05) is 25.5 Å². The zero-order valence-electron chi connectivity index (χ0n) is 15.0. The Bertz CT molecular complexity index is 618. The normalized spacial score (nSPS) is 18.7. The first-order valence-electron chi connectivity index (χ1n) is 9.15. The van der Waals surface area contributed by atoms with Gasteiger partial charge in [-0.15, -0.1) is 0 Å². The molecule has 3 nitrogen and oxygen atoms in total. The average molecular weight is 323 g/mol. The molecular formula is C21H29N3. The van der Waals surface area contributed by atoms with E-state index < -0.39 is 0 Å².